The van der Waals surface area contributed by atoms with Crippen molar-refractivity contribution >= 4 is 23.4 Å². The molecule has 1 aromatic carbocycles. The number of hydrogen-bond donors (Lipinski definition) is 1. The molecule has 0 aliphatic carbocycles. The number of anilines is 1. The number of benzene rings is 1. The maximum absolute atomic E-state index is 12.5. The van der Waals surface area contributed by atoms with Crippen LogP contribution in [-0.4, -0.2) is 42.4 Å². The maximum atomic E-state index is 12.5. The van der Waals surface area contributed by atoms with Crippen LogP contribution in [0.1, 0.15) is 22.3 Å². The van der Waals surface area contributed by atoms with E-state index in [1.165, 1.54) is 0 Å². The number of rotatable bonds is 3. The lowest BCUT2D eigenvalue weighted by molar-refractivity contribution is 0.0749. The number of nitrogens with zero attached hydrogens (tertiary/aromatic N) is 1. The van der Waals surface area contributed by atoms with Gasteiger partial charge in [0.25, 0.3) is 5.91 Å². The second kappa shape index (κ2) is 5.65. The maximum Gasteiger partial charge on any atom is 0.255 e. The van der Waals surface area contributed by atoms with Crippen LogP contribution >= 0.6 is 11.8 Å². The quantitative estimate of drug-likeness (QED) is 0.911. The average molecular weight is 264 g/mol. The van der Waals surface area contributed by atoms with Gasteiger partial charge in [-0.25, -0.2) is 0 Å². The van der Waals surface area contributed by atoms with Gasteiger partial charge in [-0.05, 0) is 36.8 Å². The van der Waals surface area contributed by atoms with E-state index in [1.54, 1.807) is 0 Å². The molecular formula is C14H20N2OS. The molecular weight excluding hydrogens is 244 g/mol. The molecule has 1 fully saturated rings. The van der Waals surface area contributed by atoms with Gasteiger partial charge < -0.3 is 10.2 Å². The number of thioether (sulfide) groups is 1. The molecule has 0 spiro atoms. The molecule has 1 N–H and O–H groups in total. The monoisotopic (exact) mass is 264 g/mol. The fourth-order valence-electron chi connectivity index (χ4n) is 2.23. The van der Waals surface area contributed by atoms with Crippen LogP contribution in [0.4, 0.5) is 5.69 Å². The van der Waals surface area contributed by atoms with E-state index >= 15 is 0 Å². The van der Waals surface area contributed by atoms with Crippen LogP contribution < -0.4 is 5.32 Å². The van der Waals surface area contributed by atoms with Crippen molar-refractivity contribution in [1.82, 2.24) is 4.90 Å². The number of carbonyl (C=O) groups excluding carboxylic acids is 1. The third-order valence-electron chi connectivity index (χ3n) is 3.45. The zero-order valence-electron chi connectivity index (χ0n) is 11.2. The molecule has 1 saturated heterocycles. The smallest absolute Gasteiger partial charge is 0.255 e. The fourth-order valence-corrected chi connectivity index (χ4v) is 3.50. The Morgan fingerprint density at radius 1 is 1.50 bits per heavy atom. The molecule has 4 heteroatoms. The Kier molecular flexibility index (Phi) is 4.17. The number of amides is 1. The molecule has 98 valence electrons. The summed E-state index contributed by atoms with van der Waals surface area (Å²) in [6.45, 7) is 2.03. The minimum Gasteiger partial charge on any atom is -0.387 e. The van der Waals surface area contributed by atoms with Crippen LogP contribution in [0.3, 0.4) is 0 Å². The number of carbonyl (C=O) groups is 1. The summed E-state index contributed by atoms with van der Waals surface area (Å²) in [5, 5.41) is 3.11. The molecule has 0 aromatic heterocycles. The van der Waals surface area contributed by atoms with Gasteiger partial charge in [-0.1, -0.05) is 6.07 Å². The van der Waals surface area contributed by atoms with E-state index < -0.39 is 0 Å². The van der Waals surface area contributed by atoms with Crippen LogP contribution in [0, 0.1) is 6.92 Å². The third-order valence-corrected chi connectivity index (χ3v) is 4.59. The number of nitrogens with one attached hydrogen (secondary N) is 1. The summed E-state index contributed by atoms with van der Waals surface area (Å²) >= 11 is 1.93. The minimum atomic E-state index is 0.117. The van der Waals surface area contributed by atoms with Crippen molar-refractivity contribution in [1.29, 1.82) is 0 Å². The zero-order valence-corrected chi connectivity index (χ0v) is 12.0. The first-order chi connectivity index (χ1) is 8.63. The molecule has 0 saturated carbocycles. The lowest BCUT2D eigenvalue weighted by atomic mass is 10.1. The normalized spacial score (nSPS) is 18.7. The Hall–Kier alpha value is -1.16. The van der Waals surface area contributed by atoms with Crippen LogP contribution in [-0.2, 0) is 0 Å². The fraction of sp³-hybridized carbons (Fsp3) is 0.500. The molecule has 3 nitrogen and oxygen atoms in total. The van der Waals surface area contributed by atoms with E-state index in [0.29, 0.717) is 6.04 Å². The van der Waals surface area contributed by atoms with E-state index in [0.717, 1.165) is 34.7 Å². The third kappa shape index (κ3) is 2.64. The van der Waals surface area contributed by atoms with Crippen LogP contribution in [0.15, 0.2) is 18.2 Å². The summed E-state index contributed by atoms with van der Waals surface area (Å²) in [5.74, 6) is 2.34. The number of aryl methyl sites for hydroxylation is 1. The lowest BCUT2D eigenvalue weighted by Gasteiger charge is -2.25. The first kappa shape index (κ1) is 13.3. The average Bonchev–Trinajstić information content (AvgIpc) is 2.90. The molecule has 1 atom stereocenters. The second-order valence-electron chi connectivity index (χ2n) is 4.73. The van der Waals surface area contributed by atoms with E-state index in [4.69, 9.17) is 0 Å². The first-order valence-corrected chi connectivity index (χ1v) is 7.42. The standard InChI is InChI=1S/C14H20N2OS/c1-10-4-5-12(13(8-10)15-2)14(17)16(3)11-6-7-18-9-11/h4-5,8,11,15H,6-7,9H2,1-3H3. The summed E-state index contributed by atoms with van der Waals surface area (Å²) in [6.07, 6.45) is 1.10. The highest BCUT2D eigenvalue weighted by atomic mass is 32.2. The van der Waals surface area contributed by atoms with Crippen molar-refractivity contribution in [2.45, 2.75) is 19.4 Å². The van der Waals surface area contributed by atoms with Gasteiger partial charge in [0.1, 0.15) is 0 Å². The summed E-state index contributed by atoms with van der Waals surface area (Å²) in [5.41, 5.74) is 2.84. The summed E-state index contributed by atoms with van der Waals surface area (Å²) < 4.78 is 0. The van der Waals surface area contributed by atoms with E-state index in [2.05, 4.69) is 5.32 Å². The Morgan fingerprint density at radius 3 is 2.89 bits per heavy atom. The molecule has 1 aliphatic heterocycles. The summed E-state index contributed by atoms with van der Waals surface area (Å²) in [7, 11) is 3.77. The molecule has 1 heterocycles. The molecule has 0 bridgehead atoms. The zero-order chi connectivity index (χ0) is 13.1. The summed E-state index contributed by atoms with van der Waals surface area (Å²) in [4.78, 5) is 14.4. The Balaban J connectivity index is 2.22. The minimum absolute atomic E-state index is 0.117. The first-order valence-electron chi connectivity index (χ1n) is 6.27. The molecule has 1 unspecified atom stereocenters. The van der Waals surface area contributed by atoms with Crippen molar-refractivity contribution < 1.29 is 4.79 Å². The molecule has 0 radical (unpaired) electrons. The van der Waals surface area contributed by atoms with Gasteiger partial charge in [0.15, 0.2) is 0 Å². The lowest BCUT2D eigenvalue weighted by Crippen LogP contribution is -2.37. The Morgan fingerprint density at radius 2 is 2.28 bits per heavy atom. The largest absolute Gasteiger partial charge is 0.387 e. The van der Waals surface area contributed by atoms with Gasteiger partial charge in [0.05, 0.1) is 5.56 Å². The van der Waals surface area contributed by atoms with E-state index in [1.807, 2.05) is 55.9 Å². The van der Waals surface area contributed by atoms with E-state index in [-0.39, 0.29) is 5.91 Å². The van der Waals surface area contributed by atoms with Crippen LogP contribution in [0.5, 0.6) is 0 Å². The SMILES string of the molecule is CNc1cc(C)ccc1C(=O)N(C)C1CCSC1. The van der Waals surface area contributed by atoms with Crippen molar-refractivity contribution in [3.63, 3.8) is 0 Å². The second-order valence-corrected chi connectivity index (χ2v) is 5.88. The van der Waals surface area contributed by atoms with Gasteiger partial charge in [0.2, 0.25) is 0 Å². The van der Waals surface area contributed by atoms with E-state index in [9.17, 15) is 4.79 Å². The predicted octanol–water partition coefficient (Wildman–Crippen LogP) is 2.61. The van der Waals surface area contributed by atoms with Crippen molar-refractivity contribution in [3.05, 3.63) is 29.3 Å². The number of hydrogen-bond acceptors (Lipinski definition) is 3. The van der Waals surface area contributed by atoms with Gasteiger partial charge in [-0.15, -0.1) is 0 Å². The van der Waals surface area contributed by atoms with Gasteiger partial charge >= 0.3 is 0 Å². The molecule has 2 rings (SSSR count). The van der Waals surface area contributed by atoms with Crippen molar-refractivity contribution in [3.8, 4) is 0 Å². The topological polar surface area (TPSA) is 32.3 Å². The summed E-state index contributed by atoms with van der Waals surface area (Å²) in [6, 6.07) is 6.31. The predicted molar refractivity (Wildman–Crippen MR) is 78.5 cm³/mol. The Bertz CT molecular complexity index is 441. The van der Waals surface area contributed by atoms with Gasteiger partial charge in [0, 0.05) is 31.6 Å². The molecule has 1 aromatic rings. The van der Waals surface area contributed by atoms with Gasteiger partial charge in [-0.2, -0.15) is 11.8 Å². The Labute approximate surface area is 113 Å². The van der Waals surface area contributed by atoms with Crippen molar-refractivity contribution in [2.24, 2.45) is 0 Å². The highest BCUT2D eigenvalue weighted by molar-refractivity contribution is 7.99. The van der Waals surface area contributed by atoms with Crippen LogP contribution in [0.25, 0.3) is 0 Å². The van der Waals surface area contributed by atoms with Crippen LogP contribution in [0.2, 0.25) is 0 Å². The highest BCUT2D eigenvalue weighted by Crippen LogP contribution is 2.25. The molecule has 1 aliphatic rings. The molecule has 18 heavy (non-hydrogen) atoms. The highest BCUT2D eigenvalue weighted by Gasteiger charge is 2.25. The molecule has 1 amide bonds. The van der Waals surface area contributed by atoms with Crippen molar-refractivity contribution in [2.75, 3.05) is 30.9 Å². The van der Waals surface area contributed by atoms with Gasteiger partial charge in [-0.3, -0.25) is 4.79 Å².